The van der Waals surface area contributed by atoms with E-state index >= 15 is 0 Å². The van der Waals surface area contributed by atoms with Gasteiger partial charge in [-0.25, -0.2) is 4.79 Å². The van der Waals surface area contributed by atoms with E-state index in [4.69, 9.17) is 18.4 Å². The molecule has 3 rings (SSSR count). The molecule has 0 unspecified atom stereocenters. The van der Waals surface area contributed by atoms with Gasteiger partial charge in [0.1, 0.15) is 17.2 Å². The second-order valence-corrected chi connectivity index (χ2v) is 6.50. The van der Waals surface area contributed by atoms with Crippen molar-refractivity contribution in [1.82, 2.24) is 0 Å². The predicted octanol–water partition coefficient (Wildman–Crippen LogP) is 4.36. The molecule has 0 aliphatic rings. The Bertz CT molecular complexity index is 764. The first-order valence-corrected chi connectivity index (χ1v) is 9.32. The number of phosphoric acid groups is 1. The van der Waals surface area contributed by atoms with Gasteiger partial charge in [0.2, 0.25) is 0 Å². The monoisotopic (exact) mass is 386 g/mol. The first-order chi connectivity index (χ1) is 13.0. The molecule has 0 heterocycles. The van der Waals surface area contributed by atoms with Crippen molar-refractivity contribution in [2.75, 3.05) is 0 Å². The van der Waals surface area contributed by atoms with Gasteiger partial charge in [0.25, 0.3) is 0 Å². The van der Waals surface area contributed by atoms with Gasteiger partial charge in [-0.1, -0.05) is 54.6 Å². The first-order valence-electron chi connectivity index (χ1n) is 7.86. The Kier molecular flexibility index (Phi) is 7.28. The van der Waals surface area contributed by atoms with E-state index in [1.54, 1.807) is 72.8 Å². The molecule has 2 amide bonds. The van der Waals surface area contributed by atoms with E-state index in [1.165, 1.54) is 0 Å². The maximum absolute atomic E-state index is 13.1. The minimum atomic E-state index is -3.89. The Morgan fingerprint density at radius 2 is 0.815 bits per heavy atom. The molecule has 0 saturated carbocycles. The number of hydrogen-bond donors (Lipinski definition) is 2. The summed E-state index contributed by atoms with van der Waals surface area (Å²) in [6, 6.07) is 25.5. The predicted molar refractivity (Wildman–Crippen MR) is 103 cm³/mol. The van der Waals surface area contributed by atoms with Crippen LogP contribution in [0.15, 0.2) is 91.0 Å². The molecule has 7 nitrogen and oxygen atoms in total. The molecule has 0 radical (unpaired) electrons. The fourth-order valence-corrected chi connectivity index (χ4v) is 3.14. The lowest BCUT2D eigenvalue weighted by molar-refractivity contribution is 0.256. The highest BCUT2D eigenvalue weighted by atomic mass is 31.2. The zero-order chi connectivity index (χ0) is 19.5. The minimum Gasteiger partial charge on any atom is -0.386 e. The van der Waals surface area contributed by atoms with Gasteiger partial charge in [0, 0.05) is 0 Å². The van der Waals surface area contributed by atoms with Gasteiger partial charge < -0.3 is 25.0 Å². The fraction of sp³-hybridized carbons (Fsp3) is 0. The normalized spacial score (nSPS) is 10.1. The average molecular weight is 386 g/mol. The molecule has 0 fully saturated rings. The number of phosphoric ester groups is 1. The topological polar surface area (TPSA) is 114 Å². The number of carbonyl (C=O) groups excluding carboxylic acids is 1. The van der Waals surface area contributed by atoms with Crippen LogP contribution in [0.1, 0.15) is 0 Å². The number of rotatable bonds is 6. The van der Waals surface area contributed by atoms with E-state index in [0.717, 1.165) is 0 Å². The molecule has 0 atom stereocenters. The summed E-state index contributed by atoms with van der Waals surface area (Å²) in [6.07, 6.45) is 0. The number of urea groups is 1. The molecule has 0 saturated heterocycles. The summed E-state index contributed by atoms with van der Waals surface area (Å²) in [7, 11) is -3.89. The highest BCUT2D eigenvalue weighted by Gasteiger charge is 2.33. The van der Waals surface area contributed by atoms with Crippen molar-refractivity contribution in [3.05, 3.63) is 91.0 Å². The lowest BCUT2D eigenvalue weighted by Gasteiger charge is -2.19. The number of hydrogen-bond acceptors (Lipinski definition) is 5. The highest BCUT2D eigenvalue weighted by Crippen LogP contribution is 2.49. The third kappa shape index (κ3) is 7.54. The third-order valence-electron chi connectivity index (χ3n) is 2.88. The Hall–Kier alpha value is -3.44. The number of amides is 2. The molecule has 4 N–H and O–H groups in total. The van der Waals surface area contributed by atoms with Crippen LogP contribution in [0.5, 0.6) is 17.2 Å². The number of carbonyl (C=O) groups is 1. The Balaban J connectivity index is 0.000000596. The molecule has 0 spiro atoms. The van der Waals surface area contributed by atoms with Crippen LogP contribution >= 0.6 is 7.82 Å². The number of benzene rings is 3. The van der Waals surface area contributed by atoms with Crippen LogP contribution < -0.4 is 25.0 Å². The van der Waals surface area contributed by atoms with Crippen LogP contribution in [0, 0.1) is 0 Å². The first kappa shape index (κ1) is 19.9. The molecule has 0 aliphatic carbocycles. The van der Waals surface area contributed by atoms with Gasteiger partial charge in [-0.05, 0) is 36.4 Å². The van der Waals surface area contributed by atoms with E-state index in [1.807, 2.05) is 18.2 Å². The van der Waals surface area contributed by atoms with E-state index < -0.39 is 13.9 Å². The molecule has 8 heteroatoms. The van der Waals surface area contributed by atoms with E-state index in [-0.39, 0.29) is 0 Å². The molecular weight excluding hydrogens is 367 g/mol. The van der Waals surface area contributed by atoms with Gasteiger partial charge >= 0.3 is 13.9 Å². The zero-order valence-electron chi connectivity index (χ0n) is 14.3. The summed E-state index contributed by atoms with van der Waals surface area (Å²) in [5.74, 6) is 1.22. The van der Waals surface area contributed by atoms with Crippen LogP contribution in [0.2, 0.25) is 0 Å². The smallest absolute Gasteiger partial charge is 0.386 e. The molecule has 0 aromatic heterocycles. The second-order valence-electron chi connectivity index (χ2n) is 5.06. The van der Waals surface area contributed by atoms with Crippen LogP contribution in [-0.4, -0.2) is 6.03 Å². The number of primary amides is 2. The lowest BCUT2D eigenvalue weighted by atomic mass is 10.3. The minimum absolute atomic E-state index is 0.405. The summed E-state index contributed by atoms with van der Waals surface area (Å²) in [6.45, 7) is 0. The average Bonchev–Trinajstić information content (AvgIpc) is 2.63. The molecule has 0 aliphatic heterocycles. The SMILES string of the molecule is NC(N)=O.O=P(Oc1ccccc1)(Oc1ccccc1)Oc1ccccc1. The van der Waals surface area contributed by atoms with Crippen LogP contribution in [0.25, 0.3) is 0 Å². The Morgan fingerprint density at radius 1 is 0.593 bits per heavy atom. The van der Waals surface area contributed by atoms with Crippen molar-refractivity contribution in [3.8, 4) is 17.2 Å². The van der Waals surface area contributed by atoms with Crippen molar-refractivity contribution < 1.29 is 22.9 Å². The quantitative estimate of drug-likeness (QED) is 0.611. The standard InChI is InChI=1S/C18H15O4P.CH4N2O/c19-23(20-16-10-4-1-5-11-16,21-17-12-6-2-7-13-17)22-18-14-8-3-9-15-18;2-1(3)4/h1-15H;(H4,2,3,4). The van der Waals surface area contributed by atoms with E-state index in [2.05, 4.69) is 11.5 Å². The largest absolute Gasteiger partial charge is 0.647 e. The van der Waals surface area contributed by atoms with Crippen LogP contribution in [-0.2, 0) is 4.57 Å². The molecule has 3 aromatic rings. The number of nitrogens with two attached hydrogens (primary N) is 2. The maximum Gasteiger partial charge on any atom is 0.647 e. The molecular formula is C19H19N2O5P. The molecule has 27 heavy (non-hydrogen) atoms. The lowest BCUT2D eigenvalue weighted by Crippen LogP contribution is -2.18. The van der Waals surface area contributed by atoms with Gasteiger partial charge in [0.15, 0.2) is 0 Å². The Labute approximate surface area is 157 Å². The van der Waals surface area contributed by atoms with Crippen LogP contribution in [0.3, 0.4) is 0 Å². The van der Waals surface area contributed by atoms with Gasteiger partial charge in [0.05, 0.1) is 0 Å². The summed E-state index contributed by atoms with van der Waals surface area (Å²) in [4.78, 5) is 9.00. The number of para-hydroxylation sites is 3. The van der Waals surface area contributed by atoms with Crippen molar-refractivity contribution >= 4 is 13.9 Å². The van der Waals surface area contributed by atoms with Crippen molar-refractivity contribution in [2.45, 2.75) is 0 Å². The van der Waals surface area contributed by atoms with Gasteiger partial charge in [-0.3, -0.25) is 0 Å². The summed E-state index contributed by atoms with van der Waals surface area (Å²) in [5, 5.41) is 0. The zero-order valence-corrected chi connectivity index (χ0v) is 15.2. The highest BCUT2D eigenvalue weighted by molar-refractivity contribution is 7.49. The van der Waals surface area contributed by atoms with E-state index in [9.17, 15) is 4.57 Å². The maximum atomic E-state index is 13.1. The van der Waals surface area contributed by atoms with Gasteiger partial charge in [-0.2, -0.15) is 4.57 Å². The Morgan fingerprint density at radius 3 is 1.04 bits per heavy atom. The molecule has 3 aromatic carbocycles. The van der Waals surface area contributed by atoms with Crippen LogP contribution in [0.4, 0.5) is 4.79 Å². The fourth-order valence-electron chi connectivity index (χ4n) is 1.89. The molecule has 0 bridgehead atoms. The van der Waals surface area contributed by atoms with Crippen molar-refractivity contribution in [2.24, 2.45) is 11.5 Å². The third-order valence-corrected chi connectivity index (χ3v) is 4.18. The van der Waals surface area contributed by atoms with Crippen molar-refractivity contribution in [1.29, 1.82) is 0 Å². The second kappa shape index (κ2) is 9.89. The summed E-state index contributed by atoms with van der Waals surface area (Å²) < 4.78 is 29.6. The summed E-state index contributed by atoms with van der Waals surface area (Å²) >= 11 is 0. The van der Waals surface area contributed by atoms with Gasteiger partial charge in [-0.15, -0.1) is 0 Å². The van der Waals surface area contributed by atoms with Crippen molar-refractivity contribution in [3.63, 3.8) is 0 Å². The molecule has 140 valence electrons. The van der Waals surface area contributed by atoms with E-state index in [0.29, 0.717) is 17.2 Å². The summed E-state index contributed by atoms with van der Waals surface area (Å²) in [5.41, 5.74) is 8.50.